The molecule has 5 heteroatoms. The van der Waals surface area contributed by atoms with Crippen LogP contribution in [0.4, 0.5) is 4.39 Å². The first kappa shape index (κ1) is 13.6. The van der Waals surface area contributed by atoms with Gasteiger partial charge in [0.05, 0.1) is 0 Å². The first-order valence-corrected chi connectivity index (χ1v) is 7.86. The molecule has 0 saturated heterocycles. The van der Waals surface area contributed by atoms with Gasteiger partial charge in [0.25, 0.3) is 0 Å². The molecular formula is C15H18FN3S. The van der Waals surface area contributed by atoms with Gasteiger partial charge in [-0.25, -0.2) is 4.39 Å². The van der Waals surface area contributed by atoms with E-state index in [9.17, 15) is 4.39 Å². The van der Waals surface area contributed by atoms with E-state index in [-0.39, 0.29) is 5.82 Å². The fourth-order valence-electron chi connectivity index (χ4n) is 2.12. The van der Waals surface area contributed by atoms with E-state index in [1.54, 1.807) is 17.4 Å². The van der Waals surface area contributed by atoms with E-state index >= 15 is 0 Å². The molecule has 0 aliphatic heterocycles. The second kappa shape index (κ2) is 5.97. The van der Waals surface area contributed by atoms with Crippen LogP contribution in [0, 0.1) is 12.7 Å². The maximum Gasteiger partial charge on any atom is 0.148 e. The maximum atomic E-state index is 13.3. The van der Waals surface area contributed by atoms with E-state index < -0.39 is 0 Å². The molecule has 0 atom stereocenters. The summed E-state index contributed by atoms with van der Waals surface area (Å²) in [6.07, 6.45) is 4.66. The highest BCUT2D eigenvalue weighted by atomic mass is 32.1. The van der Waals surface area contributed by atoms with Crippen LogP contribution in [0.1, 0.15) is 29.8 Å². The Morgan fingerprint density at radius 2 is 2.20 bits per heavy atom. The van der Waals surface area contributed by atoms with Gasteiger partial charge in [-0.3, -0.25) is 0 Å². The fraction of sp³-hybridized carbons (Fsp3) is 0.467. The van der Waals surface area contributed by atoms with Gasteiger partial charge in [-0.15, -0.1) is 10.2 Å². The Bertz CT molecular complexity index is 593. The smallest absolute Gasteiger partial charge is 0.148 e. The van der Waals surface area contributed by atoms with Crippen molar-refractivity contribution in [3.05, 3.63) is 34.6 Å². The van der Waals surface area contributed by atoms with Crippen LogP contribution >= 0.6 is 11.3 Å². The molecule has 1 heterocycles. The van der Waals surface area contributed by atoms with Crippen molar-refractivity contribution in [3.63, 3.8) is 0 Å². The summed E-state index contributed by atoms with van der Waals surface area (Å²) in [5, 5.41) is 13.7. The molecule has 1 aliphatic carbocycles. The Morgan fingerprint density at radius 3 is 3.00 bits per heavy atom. The lowest BCUT2D eigenvalue weighted by molar-refractivity contribution is 0.628. The molecule has 106 valence electrons. The van der Waals surface area contributed by atoms with Gasteiger partial charge in [-0.1, -0.05) is 17.4 Å². The highest BCUT2D eigenvalue weighted by Crippen LogP contribution is 2.27. The molecule has 1 aromatic carbocycles. The van der Waals surface area contributed by atoms with Crippen LogP contribution in [0.2, 0.25) is 0 Å². The highest BCUT2D eigenvalue weighted by molar-refractivity contribution is 7.14. The Labute approximate surface area is 122 Å². The lowest BCUT2D eigenvalue weighted by atomic mass is 10.1. The molecule has 3 rings (SSSR count). The molecule has 2 aromatic rings. The van der Waals surface area contributed by atoms with Gasteiger partial charge in [0.1, 0.15) is 15.8 Å². The molecule has 0 spiro atoms. The zero-order valence-corrected chi connectivity index (χ0v) is 12.3. The largest absolute Gasteiger partial charge is 0.314 e. The van der Waals surface area contributed by atoms with Crippen LogP contribution in [0.5, 0.6) is 0 Å². The van der Waals surface area contributed by atoms with Gasteiger partial charge in [0, 0.05) is 18.0 Å². The summed E-state index contributed by atoms with van der Waals surface area (Å²) < 4.78 is 13.3. The van der Waals surface area contributed by atoms with Crippen molar-refractivity contribution in [2.45, 2.75) is 38.6 Å². The van der Waals surface area contributed by atoms with E-state index in [0.717, 1.165) is 46.6 Å². The van der Waals surface area contributed by atoms with Crippen LogP contribution in [-0.4, -0.2) is 22.8 Å². The third kappa shape index (κ3) is 3.41. The van der Waals surface area contributed by atoms with E-state index in [2.05, 4.69) is 15.5 Å². The molecular weight excluding hydrogens is 273 g/mol. The predicted molar refractivity (Wildman–Crippen MR) is 79.4 cm³/mol. The molecule has 1 aromatic heterocycles. The average molecular weight is 291 g/mol. The van der Waals surface area contributed by atoms with Gasteiger partial charge >= 0.3 is 0 Å². The summed E-state index contributed by atoms with van der Waals surface area (Å²) in [6.45, 7) is 3.01. The van der Waals surface area contributed by atoms with Gasteiger partial charge in [-0.05, 0) is 50.4 Å². The SMILES string of the molecule is Cc1ccc(F)cc1-c1nnc(CCCNC2CC2)s1. The number of aryl methyl sites for hydroxylation is 2. The Hall–Kier alpha value is -1.33. The van der Waals surface area contributed by atoms with Crippen LogP contribution in [0.25, 0.3) is 10.6 Å². The number of nitrogens with one attached hydrogen (secondary N) is 1. The summed E-state index contributed by atoms with van der Waals surface area (Å²) in [5.41, 5.74) is 1.88. The number of hydrogen-bond donors (Lipinski definition) is 1. The van der Waals surface area contributed by atoms with Gasteiger partial charge in [0.15, 0.2) is 0 Å². The minimum atomic E-state index is -0.226. The number of hydrogen-bond acceptors (Lipinski definition) is 4. The lowest BCUT2D eigenvalue weighted by Gasteiger charge is -2.01. The molecule has 3 nitrogen and oxygen atoms in total. The summed E-state index contributed by atoms with van der Waals surface area (Å²) in [7, 11) is 0. The monoisotopic (exact) mass is 291 g/mol. The van der Waals surface area contributed by atoms with Crippen molar-refractivity contribution in [1.82, 2.24) is 15.5 Å². The Kier molecular flexibility index (Phi) is 4.08. The molecule has 20 heavy (non-hydrogen) atoms. The minimum Gasteiger partial charge on any atom is -0.314 e. The van der Waals surface area contributed by atoms with E-state index in [4.69, 9.17) is 0 Å². The molecule has 0 bridgehead atoms. The number of aromatic nitrogens is 2. The molecule has 1 saturated carbocycles. The summed E-state index contributed by atoms with van der Waals surface area (Å²) >= 11 is 1.57. The zero-order valence-electron chi connectivity index (χ0n) is 11.5. The van der Waals surface area contributed by atoms with Crippen LogP contribution < -0.4 is 5.32 Å². The van der Waals surface area contributed by atoms with Crippen molar-refractivity contribution in [3.8, 4) is 10.6 Å². The van der Waals surface area contributed by atoms with Crippen molar-refractivity contribution >= 4 is 11.3 Å². The highest BCUT2D eigenvalue weighted by Gasteiger charge is 2.19. The summed E-state index contributed by atoms with van der Waals surface area (Å²) in [5.74, 6) is -0.226. The first-order valence-electron chi connectivity index (χ1n) is 7.04. The van der Waals surface area contributed by atoms with E-state index in [1.807, 2.05) is 6.92 Å². The van der Waals surface area contributed by atoms with Gasteiger partial charge in [-0.2, -0.15) is 0 Å². The van der Waals surface area contributed by atoms with Crippen LogP contribution in [0.15, 0.2) is 18.2 Å². The Morgan fingerprint density at radius 1 is 1.35 bits per heavy atom. The van der Waals surface area contributed by atoms with Crippen molar-refractivity contribution in [2.75, 3.05) is 6.54 Å². The molecule has 0 radical (unpaired) electrons. The number of nitrogens with zero attached hydrogens (tertiary/aromatic N) is 2. The summed E-state index contributed by atoms with van der Waals surface area (Å²) in [4.78, 5) is 0. The first-order chi connectivity index (χ1) is 9.72. The summed E-state index contributed by atoms with van der Waals surface area (Å²) in [6, 6.07) is 5.55. The third-order valence-electron chi connectivity index (χ3n) is 3.47. The quantitative estimate of drug-likeness (QED) is 0.830. The van der Waals surface area contributed by atoms with Crippen LogP contribution in [0.3, 0.4) is 0 Å². The van der Waals surface area contributed by atoms with Gasteiger partial charge < -0.3 is 5.32 Å². The Balaban J connectivity index is 1.61. The lowest BCUT2D eigenvalue weighted by Crippen LogP contribution is -2.17. The van der Waals surface area contributed by atoms with E-state index in [0.29, 0.717) is 0 Å². The molecule has 1 N–H and O–H groups in total. The zero-order chi connectivity index (χ0) is 13.9. The minimum absolute atomic E-state index is 0.226. The van der Waals surface area contributed by atoms with Crippen molar-refractivity contribution in [1.29, 1.82) is 0 Å². The third-order valence-corrected chi connectivity index (χ3v) is 4.49. The second-order valence-corrected chi connectivity index (χ2v) is 6.35. The molecule has 0 amide bonds. The molecule has 0 unspecified atom stereocenters. The molecule has 1 fully saturated rings. The van der Waals surface area contributed by atoms with Crippen molar-refractivity contribution in [2.24, 2.45) is 0 Å². The second-order valence-electron chi connectivity index (χ2n) is 5.29. The maximum absolute atomic E-state index is 13.3. The number of benzene rings is 1. The predicted octanol–water partition coefficient (Wildman–Crippen LogP) is 3.34. The topological polar surface area (TPSA) is 37.8 Å². The van der Waals surface area contributed by atoms with Gasteiger partial charge in [0.2, 0.25) is 0 Å². The average Bonchev–Trinajstić information content (AvgIpc) is 3.15. The number of rotatable bonds is 6. The standard InChI is InChI=1S/C15H18FN3S/c1-10-4-5-11(16)9-13(10)15-19-18-14(20-15)3-2-8-17-12-6-7-12/h4-5,9,12,17H,2-3,6-8H2,1H3. The molecule has 1 aliphatic rings. The van der Waals surface area contributed by atoms with Crippen molar-refractivity contribution < 1.29 is 4.39 Å². The fourth-order valence-corrected chi connectivity index (χ4v) is 3.08. The number of halogens is 1. The van der Waals surface area contributed by atoms with Crippen LogP contribution in [-0.2, 0) is 6.42 Å². The normalized spacial score (nSPS) is 14.7. The van der Waals surface area contributed by atoms with E-state index in [1.165, 1.54) is 25.0 Å².